The summed E-state index contributed by atoms with van der Waals surface area (Å²) in [6.07, 6.45) is 0. The van der Waals surface area contributed by atoms with Crippen LogP contribution in [0.5, 0.6) is 0 Å². The zero-order valence-corrected chi connectivity index (χ0v) is 3.30. The molecule has 0 saturated heterocycles. The van der Waals surface area contributed by atoms with Gasteiger partial charge in [0.05, 0.1) is 0 Å². The third-order valence-corrected chi connectivity index (χ3v) is 0. The highest BCUT2D eigenvalue weighted by Crippen LogP contribution is 1.57. The predicted molar refractivity (Wildman–Crippen MR) is 19.4 cm³/mol. The smallest absolute Gasteiger partial charge is 0.400 e. The normalized spacial score (nSPS) is 5.50. The Kier molecular flexibility index (Phi) is 13.7. The lowest BCUT2D eigenvalue weighted by molar-refractivity contribution is 0.340. The van der Waals surface area contributed by atoms with Crippen molar-refractivity contribution < 1.29 is 19.5 Å². The molecule has 0 radical (unpaired) electrons. The van der Waals surface area contributed by atoms with E-state index < -0.39 is 7.40 Å². The van der Waals surface area contributed by atoms with Crippen LogP contribution in [0.25, 0.3) is 0 Å². The summed E-state index contributed by atoms with van der Waals surface area (Å²) in [7, 11) is -1.67. The van der Waals surface area contributed by atoms with Crippen LogP contribution in [0.15, 0.2) is 0 Å². The first-order valence-electron chi connectivity index (χ1n) is 1.18. The van der Waals surface area contributed by atoms with Gasteiger partial charge in [0.1, 0.15) is 0 Å². The SMILES string of the molecule is CO.OB(O)F. The van der Waals surface area contributed by atoms with E-state index in [9.17, 15) is 4.32 Å². The first kappa shape index (κ1) is 9.30. The van der Waals surface area contributed by atoms with Crippen LogP contribution in [0.2, 0.25) is 0 Å². The van der Waals surface area contributed by atoms with Crippen LogP contribution in [0.4, 0.5) is 4.32 Å². The van der Waals surface area contributed by atoms with Crippen LogP contribution in [0.3, 0.4) is 0 Å². The van der Waals surface area contributed by atoms with E-state index in [1.54, 1.807) is 0 Å². The molecule has 0 aliphatic carbocycles. The first-order valence-corrected chi connectivity index (χ1v) is 1.18. The van der Waals surface area contributed by atoms with Crippen LogP contribution in [-0.2, 0) is 0 Å². The molecule has 0 saturated carbocycles. The number of hydrogen-bond donors (Lipinski definition) is 3. The molecule has 0 aromatic heterocycles. The van der Waals surface area contributed by atoms with Gasteiger partial charge in [-0.1, -0.05) is 0 Å². The highest BCUT2D eigenvalue weighted by atomic mass is 19.1. The molecule has 0 aliphatic heterocycles. The van der Waals surface area contributed by atoms with Gasteiger partial charge in [-0.05, 0) is 0 Å². The van der Waals surface area contributed by atoms with E-state index in [1.165, 1.54) is 0 Å². The Morgan fingerprint density at radius 2 is 1.33 bits per heavy atom. The number of hydrogen-bond acceptors (Lipinski definition) is 3. The highest BCUT2D eigenvalue weighted by molar-refractivity contribution is 6.31. The summed E-state index contributed by atoms with van der Waals surface area (Å²) in [6.45, 7) is 0. The molecule has 0 amide bonds. The summed E-state index contributed by atoms with van der Waals surface area (Å²) in [5, 5.41) is 20.9. The number of aliphatic hydroxyl groups is 1. The molecule has 3 nitrogen and oxygen atoms in total. The van der Waals surface area contributed by atoms with Gasteiger partial charge in [0.15, 0.2) is 0 Å². The molecular weight excluding hydrogens is 89.8 g/mol. The summed E-state index contributed by atoms with van der Waals surface area (Å²) in [5.41, 5.74) is 0. The van der Waals surface area contributed by atoms with Crippen molar-refractivity contribution in [3.8, 4) is 0 Å². The molecule has 0 unspecified atom stereocenters. The summed E-state index contributed by atoms with van der Waals surface area (Å²) in [4.78, 5) is 0. The molecule has 0 atom stereocenters. The van der Waals surface area contributed by atoms with E-state index in [2.05, 4.69) is 0 Å². The first-order chi connectivity index (χ1) is 2.73. The van der Waals surface area contributed by atoms with Crippen molar-refractivity contribution >= 4 is 7.40 Å². The lowest BCUT2D eigenvalue weighted by Gasteiger charge is -1.65. The lowest BCUT2D eigenvalue weighted by atomic mass is 10.3. The van der Waals surface area contributed by atoms with Crippen molar-refractivity contribution in [3.63, 3.8) is 0 Å². The Hall–Kier alpha value is -0.125. The monoisotopic (exact) mass is 96.0 g/mol. The average molecular weight is 95.9 g/mol. The van der Waals surface area contributed by atoms with E-state index in [-0.39, 0.29) is 0 Å². The molecule has 5 heteroatoms. The average Bonchev–Trinajstić information content (AvgIpc) is 1.41. The summed E-state index contributed by atoms with van der Waals surface area (Å²) in [5.74, 6) is 0. The van der Waals surface area contributed by atoms with Crippen LogP contribution >= 0.6 is 0 Å². The van der Waals surface area contributed by atoms with E-state index in [0.29, 0.717) is 0 Å². The van der Waals surface area contributed by atoms with E-state index in [4.69, 9.17) is 15.2 Å². The molecule has 3 N–H and O–H groups in total. The maximum atomic E-state index is 10.1. The summed E-state index contributed by atoms with van der Waals surface area (Å²) in [6, 6.07) is 0. The van der Waals surface area contributed by atoms with Crippen molar-refractivity contribution in [1.29, 1.82) is 0 Å². The third kappa shape index (κ3) is 2050. The lowest BCUT2D eigenvalue weighted by Crippen LogP contribution is -1.98. The minimum atomic E-state index is -2.67. The van der Waals surface area contributed by atoms with Crippen LogP contribution in [0.1, 0.15) is 0 Å². The van der Waals surface area contributed by atoms with E-state index >= 15 is 0 Å². The quantitative estimate of drug-likeness (QED) is 0.323. The van der Waals surface area contributed by atoms with Crippen LogP contribution < -0.4 is 0 Å². The van der Waals surface area contributed by atoms with Gasteiger partial charge in [0.2, 0.25) is 0 Å². The van der Waals surface area contributed by atoms with Crippen molar-refractivity contribution in [2.75, 3.05) is 7.11 Å². The van der Waals surface area contributed by atoms with Gasteiger partial charge in [-0.15, -0.1) is 0 Å². The maximum Gasteiger partial charge on any atom is 0.674 e. The van der Waals surface area contributed by atoms with Gasteiger partial charge in [-0.2, -0.15) is 0 Å². The predicted octanol–water partition coefficient (Wildman–Crippen LogP) is -1.47. The van der Waals surface area contributed by atoms with Gasteiger partial charge in [0, 0.05) is 7.11 Å². The van der Waals surface area contributed by atoms with E-state index in [1.807, 2.05) is 0 Å². The van der Waals surface area contributed by atoms with Crippen molar-refractivity contribution in [3.05, 3.63) is 0 Å². The molecule has 0 fully saturated rings. The Morgan fingerprint density at radius 3 is 1.33 bits per heavy atom. The molecule has 0 heterocycles. The maximum absolute atomic E-state index is 10.1. The second kappa shape index (κ2) is 8.86. The molecule has 0 rings (SSSR count). The Bertz CT molecular complexity index is 15.5. The van der Waals surface area contributed by atoms with E-state index in [0.717, 1.165) is 7.11 Å². The molecule has 0 spiro atoms. The molecule has 0 aromatic carbocycles. The summed E-state index contributed by atoms with van der Waals surface area (Å²) < 4.78 is 10.1. The molecule has 0 aromatic rings. The van der Waals surface area contributed by atoms with Gasteiger partial charge >= 0.3 is 7.40 Å². The molecular formula is CH6BFO3. The standard InChI is InChI=1S/CH4O.BFH2O2/c1-2;2-1(3)4/h2H,1H3;3-4H. The zero-order valence-electron chi connectivity index (χ0n) is 3.30. The van der Waals surface area contributed by atoms with Crippen LogP contribution in [-0.4, -0.2) is 29.7 Å². The third-order valence-electron chi connectivity index (χ3n) is 0. The van der Waals surface area contributed by atoms with Gasteiger partial charge in [0.25, 0.3) is 0 Å². The fourth-order valence-corrected chi connectivity index (χ4v) is 0. The zero-order chi connectivity index (χ0) is 5.58. The molecule has 0 bridgehead atoms. The second-order valence-electron chi connectivity index (χ2n) is 0.311. The van der Waals surface area contributed by atoms with Crippen molar-refractivity contribution in [1.82, 2.24) is 0 Å². The number of halogens is 1. The largest absolute Gasteiger partial charge is 0.674 e. The van der Waals surface area contributed by atoms with Gasteiger partial charge in [-0.25, -0.2) is 0 Å². The second-order valence-corrected chi connectivity index (χ2v) is 0.311. The van der Waals surface area contributed by atoms with Crippen molar-refractivity contribution in [2.24, 2.45) is 0 Å². The fourth-order valence-electron chi connectivity index (χ4n) is 0. The van der Waals surface area contributed by atoms with Crippen LogP contribution in [0, 0.1) is 0 Å². The highest BCUT2D eigenvalue weighted by Gasteiger charge is 1.97. The Balaban J connectivity index is 0. The minimum Gasteiger partial charge on any atom is -0.400 e. The minimum absolute atomic E-state index is 1.00. The number of aliphatic hydroxyl groups excluding tert-OH is 1. The fraction of sp³-hybridized carbons (Fsp3) is 1.00. The molecule has 6 heavy (non-hydrogen) atoms. The van der Waals surface area contributed by atoms with Crippen molar-refractivity contribution in [2.45, 2.75) is 0 Å². The summed E-state index contributed by atoms with van der Waals surface area (Å²) >= 11 is 0. The Morgan fingerprint density at radius 1 is 1.33 bits per heavy atom. The topological polar surface area (TPSA) is 60.7 Å². The Labute approximate surface area is 35.2 Å². The molecule has 0 aliphatic rings. The molecule has 38 valence electrons. The number of rotatable bonds is 0. The van der Waals surface area contributed by atoms with Gasteiger partial charge in [-0.3, -0.25) is 4.32 Å². The van der Waals surface area contributed by atoms with Gasteiger partial charge < -0.3 is 15.2 Å².